The van der Waals surface area contributed by atoms with Gasteiger partial charge in [0, 0.05) is 39.0 Å². The van der Waals surface area contributed by atoms with Crippen molar-refractivity contribution in [1.82, 2.24) is 15.6 Å². The number of guanidine groups is 1. The summed E-state index contributed by atoms with van der Waals surface area (Å²) in [7, 11) is 1.66. The van der Waals surface area contributed by atoms with Crippen molar-refractivity contribution < 1.29 is 22.6 Å². The van der Waals surface area contributed by atoms with E-state index in [4.69, 9.17) is 4.74 Å². The average molecular weight is 424 g/mol. The van der Waals surface area contributed by atoms with Crippen LogP contribution in [0.1, 0.15) is 30.6 Å². The van der Waals surface area contributed by atoms with Crippen molar-refractivity contribution >= 4 is 5.96 Å². The smallest absolute Gasteiger partial charge is 0.422 e. The van der Waals surface area contributed by atoms with Crippen molar-refractivity contribution in [3.63, 3.8) is 0 Å². The molecule has 0 aliphatic carbocycles. The minimum absolute atomic E-state index is 0.0409. The number of nitrogens with zero attached hydrogens (tertiary/aromatic N) is 2. The predicted molar refractivity (Wildman–Crippen MR) is 109 cm³/mol. The highest BCUT2D eigenvalue weighted by Crippen LogP contribution is 2.17. The van der Waals surface area contributed by atoms with Gasteiger partial charge in [-0.3, -0.25) is 4.99 Å². The minimum Gasteiger partial charge on any atom is -0.468 e. The molecule has 9 heteroatoms. The molecule has 0 bridgehead atoms. The van der Waals surface area contributed by atoms with Crippen molar-refractivity contribution in [2.75, 3.05) is 26.8 Å². The van der Waals surface area contributed by atoms with Gasteiger partial charge in [0.25, 0.3) is 0 Å². The van der Waals surface area contributed by atoms with Crippen molar-refractivity contribution in [3.05, 3.63) is 59.8 Å². The predicted octanol–water partition coefficient (Wildman–Crippen LogP) is 3.86. The van der Waals surface area contributed by atoms with Crippen molar-refractivity contribution in [2.24, 2.45) is 4.99 Å². The Morgan fingerprint density at radius 3 is 2.53 bits per heavy atom. The molecule has 1 atom stereocenters. The van der Waals surface area contributed by atoms with E-state index in [1.807, 2.05) is 37.3 Å². The van der Waals surface area contributed by atoms with Crippen molar-refractivity contribution in [2.45, 2.75) is 32.2 Å². The molecule has 2 aromatic rings. The van der Waals surface area contributed by atoms with Crippen LogP contribution in [-0.4, -0.2) is 43.9 Å². The minimum atomic E-state index is -4.38. The lowest BCUT2D eigenvalue weighted by molar-refractivity contribution is -0.154. The molecule has 2 N–H and O–H groups in total. The molecule has 1 unspecified atom stereocenters. The Morgan fingerprint density at radius 2 is 1.90 bits per heavy atom. The number of hydrogen-bond acceptors (Lipinski definition) is 4. The number of nitrogens with one attached hydrogen (secondary N) is 2. The summed E-state index contributed by atoms with van der Waals surface area (Å²) < 4.78 is 46.9. The van der Waals surface area contributed by atoms with Gasteiger partial charge in [0.05, 0.1) is 6.10 Å². The molecule has 6 nitrogen and oxygen atoms in total. The summed E-state index contributed by atoms with van der Waals surface area (Å²) in [4.78, 5) is 8.02. The first kappa shape index (κ1) is 23.5. The Bertz CT molecular complexity index is 768. The van der Waals surface area contributed by atoms with Gasteiger partial charge < -0.3 is 20.1 Å². The van der Waals surface area contributed by atoms with E-state index in [0.717, 1.165) is 17.5 Å². The van der Waals surface area contributed by atoms with Gasteiger partial charge in [-0.05, 0) is 24.5 Å². The monoisotopic (exact) mass is 424 g/mol. The Hall–Kier alpha value is -2.81. The Kier molecular flexibility index (Phi) is 9.40. The van der Waals surface area contributed by atoms with Crippen LogP contribution in [0, 0.1) is 0 Å². The van der Waals surface area contributed by atoms with Gasteiger partial charge >= 0.3 is 6.18 Å². The fourth-order valence-electron chi connectivity index (χ4n) is 2.52. The van der Waals surface area contributed by atoms with E-state index in [1.165, 1.54) is 12.3 Å². The molecule has 164 valence electrons. The molecular weight excluding hydrogens is 397 g/mol. The zero-order valence-corrected chi connectivity index (χ0v) is 17.1. The number of aliphatic imine (C=N–C) groups is 1. The molecule has 0 amide bonds. The number of alkyl halides is 3. The summed E-state index contributed by atoms with van der Waals surface area (Å²) in [5.74, 6) is 0.548. The highest BCUT2D eigenvalue weighted by Gasteiger charge is 2.28. The lowest BCUT2D eigenvalue weighted by atomic mass is 10.1. The van der Waals surface area contributed by atoms with Crippen molar-refractivity contribution in [1.29, 1.82) is 0 Å². The van der Waals surface area contributed by atoms with Crippen LogP contribution in [0.3, 0.4) is 0 Å². The number of halogens is 3. The number of pyridine rings is 1. The van der Waals surface area contributed by atoms with Crippen molar-refractivity contribution in [3.8, 4) is 5.88 Å². The Labute approximate surface area is 174 Å². The van der Waals surface area contributed by atoms with Gasteiger partial charge in [0.2, 0.25) is 5.88 Å². The number of benzene rings is 1. The van der Waals surface area contributed by atoms with Crippen LogP contribution in [0.25, 0.3) is 0 Å². The van der Waals surface area contributed by atoms with E-state index in [-0.39, 0.29) is 12.0 Å². The summed E-state index contributed by atoms with van der Waals surface area (Å²) in [6.45, 7) is 2.39. The fraction of sp³-hybridized carbons (Fsp3) is 0.429. The maximum absolute atomic E-state index is 12.1. The summed E-state index contributed by atoms with van der Waals surface area (Å²) in [6, 6.07) is 13.1. The van der Waals surface area contributed by atoms with E-state index in [0.29, 0.717) is 25.7 Å². The van der Waals surface area contributed by atoms with Gasteiger partial charge in [-0.25, -0.2) is 4.98 Å². The topological polar surface area (TPSA) is 67.8 Å². The molecule has 30 heavy (non-hydrogen) atoms. The highest BCUT2D eigenvalue weighted by molar-refractivity contribution is 5.79. The molecule has 0 radical (unpaired) electrons. The van der Waals surface area contributed by atoms with E-state index >= 15 is 0 Å². The van der Waals surface area contributed by atoms with Gasteiger partial charge in [-0.15, -0.1) is 0 Å². The SMILES string of the molecule is CN=C(NCCCOC(C)c1ccccc1)NCc1ccc(OCC(F)(F)F)nc1. The molecule has 1 aromatic heterocycles. The van der Waals surface area contributed by atoms with E-state index in [2.05, 4.69) is 25.3 Å². The quantitative estimate of drug-likeness (QED) is 0.345. The van der Waals surface area contributed by atoms with E-state index < -0.39 is 12.8 Å². The zero-order chi connectivity index (χ0) is 21.8. The molecule has 0 fully saturated rings. The molecule has 0 spiro atoms. The summed E-state index contributed by atoms with van der Waals surface area (Å²) >= 11 is 0. The highest BCUT2D eigenvalue weighted by atomic mass is 19.4. The fourth-order valence-corrected chi connectivity index (χ4v) is 2.52. The van der Waals surface area contributed by atoms with Crippen LogP contribution in [0.2, 0.25) is 0 Å². The molecule has 0 aliphatic rings. The third-order valence-corrected chi connectivity index (χ3v) is 4.12. The summed E-state index contributed by atoms with van der Waals surface area (Å²) in [5, 5.41) is 6.31. The first-order chi connectivity index (χ1) is 14.4. The molecule has 1 aromatic carbocycles. The average Bonchev–Trinajstić information content (AvgIpc) is 2.75. The van der Waals surface area contributed by atoms with Crippen LogP contribution in [-0.2, 0) is 11.3 Å². The molecule has 2 rings (SSSR count). The standard InChI is InChI=1S/C21H27F3N4O2/c1-16(18-7-4-3-5-8-18)29-12-6-11-26-20(25-2)28-14-17-9-10-19(27-13-17)30-15-21(22,23)24/h3-5,7-10,13,16H,6,11-12,14-15H2,1-2H3,(H2,25,26,28). The lowest BCUT2D eigenvalue weighted by Crippen LogP contribution is -2.37. The third kappa shape index (κ3) is 9.13. The zero-order valence-electron chi connectivity index (χ0n) is 17.1. The molecule has 0 saturated heterocycles. The number of aromatic nitrogens is 1. The van der Waals surface area contributed by atoms with E-state index in [9.17, 15) is 13.2 Å². The lowest BCUT2D eigenvalue weighted by Gasteiger charge is -2.15. The van der Waals surface area contributed by atoms with Gasteiger partial charge in [-0.2, -0.15) is 13.2 Å². The normalized spacial score (nSPS) is 13.0. The van der Waals surface area contributed by atoms with Gasteiger partial charge in [0.15, 0.2) is 12.6 Å². The maximum Gasteiger partial charge on any atom is 0.422 e. The molecule has 1 heterocycles. The van der Waals surface area contributed by atoms with Gasteiger partial charge in [-0.1, -0.05) is 36.4 Å². The number of hydrogen-bond donors (Lipinski definition) is 2. The van der Waals surface area contributed by atoms with Crippen LogP contribution < -0.4 is 15.4 Å². The second-order valence-electron chi connectivity index (χ2n) is 6.54. The number of ether oxygens (including phenoxy) is 2. The molecule has 0 saturated carbocycles. The van der Waals surface area contributed by atoms with Crippen LogP contribution in [0.15, 0.2) is 53.7 Å². The second kappa shape index (κ2) is 12.0. The second-order valence-corrected chi connectivity index (χ2v) is 6.54. The summed E-state index contributed by atoms with van der Waals surface area (Å²) in [6.07, 6.45) is -2.07. The van der Waals surface area contributed by atoms with Crippen LogP contribution in [0.5, 0.6) is 5.88 Å². The summed E-state index contributed by atoms with van der Waals surface area (Å²) in [5.41, 5.74) is 1.93. The maximum atomic E-state index is 12.1. The number of rotatable bonds is 10. The Morgan fingerprint density at radius 1 is 1.13 bits per heavy atom. The van der Waals surface area contributed by atoms with Gasteiger partial charge in [0.1, 0.15) is 0 Å². The van der Waals surface area contributed by atoms with E-state index in [1.54, 1.807) is 13.1 Å². The molecule has 0 aliphatic heterocycles. The van der Waals surface area contributed by atoms with Crippen LogP contribution in [0.4, 0.5) is 13.2 Å². The Balaban J connectivity index is 1.63. The molecular formula is C21H27F3N4O2. The van der Waals surface area contributed by atoms with Crippen LogP contribution >= 0.6 is 0 Å². The third-order valence-electron chi connectivity index (χ3n) is 4.12. The largest absolute Gasteiger partial charge is 0.468 e. The first-order valence-corrected chi connectivity index (χ1v) is 9.63. The first-order valence-electron chi connectivity index (χ1n) is 9.63.